The summed E-state index contributed by atoms with van der Waals surface area (Å²) < 4.78 is 2.96. The van der Waals surface area contributed by atoms with Crippen LogP contribution in [0.3, 0.4) is 0 Å². The van der Waals surface area contributed by atoms with E-state index >= 15 is 0 Å². The van der Waals surface area contributed by atoms with E-state index in [2.05, 4.69) is 60.7 Å². The van der Waals surface area contributed by atoms with E-state index in [1.54, 1.807) is 12.1 Å². The molecule has 0 aliphatic carbocycles. The smallest absolute Gasteiger partial charge is 0.357 e. The predicted molar refractivity (Wildman–Crippen MR) is 85.8 cm³/mol. The summed E-state index contributed by atoms with van der Waals surface area (Å²) in [7, 11) is 0. The van der Waals surface area contributed by atoms with Gasteiger partial charge in [-0.3, -0.25) is 0 Å². The molecule has 0 saturated heterocycles. The molecule has 3 heteroatoms. The van der Waals surface area contributed by atoms with E-state index in [1.165, 1.54) is 19.3 Å². The second-order valence-corrected chi connectivity index (χ2v) is 7.87. The number of carbonyl (C=O) groups excluding carboxylic acids is 1. The normalized spacial score (nSPS) is 9.61. The Bertz CT molecular complexity index is 685. The third-order valence-electron chi connectivity index (χ3n) is 2.97. The molecule has 0 atom stereocenters. The zero-order valence-corrected chi connectivity index (χ0v) is 14.9. The maximum Gasteiger partial charge on any atom is 0.357 e. The molecule has 3 aromatic rings. The molecule has 0 aromatic heterocycles. The minimum absolute atomic E-state index is 0.0287. The zero-order chi connectivity index (χ0) is 16.5. The fraction of sp³-hybridized carbons (Fsp3) is 0.0500. The van der Waals surface area contributed by atoms with E-state index in [4.69, 9.17) is 0 Å². The molecular formula is C20H17IO2. The lowest BCUT2D eigenvalue weighted by Gasteiger charge is -2.00. The Labute approximate surface area is 147 Å². The molecule has 0 fully saturated rings. The first kappa shape index (κ1) is 17.2. The summed E-state index contributed by atoms with van der Waals surface area (Å²) in [6.45, 7) is 1.90. The van der Waals surface area contributed by atoms with Gasteiger partial charge in [0, 0.05) is 0 Å². The van der Waals surface area contributed by atoms with E-state index < -0.39 is 5.97 Å². The fourth-order valence-corrected chi connectivity index (χ4v) is 4.04. The number of benzene rings is 3. The first-order valence-electron chi connectivity index (χ1n) is 7.18. The molecule has 0 heterocycles. The number of hydrogen-bond donors (Lipinski definition) is 0. The van der Waals surface area contributed by atoms with E-state index in [-0.39, 0.29) is 26.8 Å². The van der Waals surface area contributed by atoms with Gasteiger partial charge in [-0.2, -0.15) is 0 Å². The molecule has 3 aromatic carbocycles. The first-order chi connectivity index (χ1) is 11.1. The van der Waals surface area contributed by atoms with Crippen molar-refractivity contribution in [1.82, 2.24) is 0 Å². The largest absolute Gasteiger partial charge is 0.545 e. The maximum absolute atomic E-state index is 10.2. The summed E-state index contributed by atoms with van der Waals surface area (Å²) in [6.07, 6.45) is 0. The quantitative estimate of drug-likeness (QED) is 0.572. The molecule has 0 bridgehead atoms. The van der Waals surface area contributed by atoms with Gasteiger partial charge in [0.1, 0.15) is 0 Å². The van der Waals surface area contributed by atoms with Crippen molar-refractivity contribution in [3.63, 3.8) is 0 Å². The molecule has 23 heavy (non-hydrogen) atoms. The van der Waals surface area contributed by atoms with Gasteiger partial charge in [-0.1, -0.05) is 66.2 Å². The maximum atomic E-state index is 10.2. The van der Waals surface area contributed by atoms with E-state index in [0.717, 1.165) is 5.56 Å². The molecular weight excluding hydrogens is 399 g/mol. The third-order valence-corrected chi connectivity index (χ3v) is 5.66. The summed E-state index contributed by atoms with van der Waals surface area (Å²) in [5.41, 5.74) is 1.27. The number of hydrogen-bond acceptors (Lipinski definition) is 2. The van der Waals surface area contributed by atoms with Gasteiger partial charge in [-0.25, -0.2) is 0 Å². The third kappa shape index (κ3) is 6.24. The van der Waals surface area contributed by atoms with Gasteiger partial charge in [-0.15, -0.1) is 0 Å². The minimum Gasteiger partial charge on any atom is -0.545 e. The second kappa shape index (κ2) is 9.10. The topological polar surface area (TPSA) is 40.1 Å². The van der Waals surface area contributed by atoms with Gasteiger partial charge in [0.05, 0.1) is 5.97 Å². The highest BCUT2D eigenvalue weighted by atomic mass is 127. The highest BCUT2D eigenvalue weighted by Crippen LogP contribution is 2.00. The number of carboxylic acid groups (broad SMARTS) is 1. The van der Waals surface area contributed by atoms with Crippen LogP contribution in [0.5, 0.6) is 0 Å². The van der Waals surface area contributed by atoms with Gasteiger partial charge in [0.25, 0.3) is 0 Å². The number of rotatable bonds is 3. The molecule has 0 amide bonds. The van der Waals surface area contributed by atoms with Crippen molar-refractivity contribution in [2.45, 2.75) is 6.92 Å². The fourth-order valence-electron chi connectivity index (χ4n) is 1.77. The Morgan fingerprint density at radius 3 is 1.57 bits per heavy atom. The Morgan fingerprint density at radius 2 is 1.17 bits per heavy atom. The lowest BCUT2D eigenvalue weighted by Crippen LogP contribution is -3.61. The molecule has 0 saturated carbocycles. The van der Waals surface area contributed by atoms with Gasteiger partial charge in [-0.05, 0) is 36.8 Å². The van der Waals surface area contributed by atoms with Crippen LogP contribution >= 0.6 is 0 Å². The first-order valence-corrected chi connectivity index (χ1v) is 9.34. The van der Waals surface area contributed by atoms with Crippen molar-refractivity contribution in [2.75, 3.05) is 0 Å². The average molecular weight is 416 g/mol. The van der Waals surface area contributed by atoms with E-state index in [0.29, 0.717) is 0 Å². The highest BCUT2D eigenvalue weighted by Gasteiger charge is 2.12. The van der Waals surface area contributed by atoms with Gasteiger partial charge < -0.3 is 9.90 Å². The molecule has 0 aliphatic rings. The van der Waals surface area contributed by atoms with Gasteiger partial charge >= 0.3 is 21.2 Å². The Hall–Kier alpha value is -2.14. The van der Waals surface area contributed by atoms with Crippen LogP contribution in [0.2, 0.25) is 0 Å². The summed E-state index contributed by atoms with van der Waals surface area (Å²) in [4.78, 5) is 10.2. The molecule has 0 radical (unpaired) electrons. The van der Waals surface area contributed by atoms with Crippen LogP contribution in [0.25, 0.3) is 0 Å². The second-order valence-electron chi connectivity index (χ2n) is 4.84. The molecule has 116 valence electrons. The van der Waals surface area contributed by atoms with Crippen molar-refractivity contribution < 1.29 is 31.1 Å². The van der Waals surface area contributed by atoms with Crippen LogP contribution in [-0.2, 0) is 0 Å². The molecule has 0 N–H and O–H groups in total. The molecule has 3 rings (SSSR count). The lowest BCUT2D eigenvalue weighted by molar-refractivity contribution is -0.597. The minimum atomic E-state index is -1.12. The number of carbonyl (C=O) groups is 1. The SMILES string of the molecule is Cc1ccc(C(=O)[O-])cc1.c1ccc([I+]c2ccccc2)cc1. The van der Waals surface area contributed by atoms with Crippen LogP contribution in [0, 0.1) is 14.1 Å². The molecule has 0 spiro atoms. The molecule has 2 nitrogen and oxygen atoms in total. The van der Waals surface area contributed by atoms with E-state index in [9.17, 15) is 9.90 Å². The van der Waals surface area contributed by atoms with Crippen molar-refractivity contribution in [2.24, 2.45) is 0 Å². The summed E-state index contributed by atoms with van der Waals surface area (Å²) in [5.74, 6) is -1.12. The van der Waals surface area contributed by atoms with Crippen LogP contribution in [-0.4, -0.2) is 5.97 Å². The van der Waals surface area contributed by atoms with Crippen molar-refractivity contribution >= 4 is 5.97 Å². The number of carboxylic acids is 1. The van der Waals surface area contributed by atoms with E-state index in [1.807, 2.05) is 6.92 Å². The Balaban J connectivity index is 0.000000174. The highest BCUT2D eigenvalue weighted by molar-refractivity contribution is 5.85. The number of aryl methyl sites for hydroxylation is 1. The van der Waals surface area contributed by atoms with Gasteiger partial charge in [0.15, 0.2) is 7.14 Å². The Kier molecular flexibility index (Phi) is 6.81. The standard InChI is InChI=1S/C12H10I.C8H8O2/c1-3-7-11(8-4-1)13-12-9-5-2-6-10-12;1-6-2-4-7(5-3-6)8(9)10/h1-10H;2-5H,1H3,(H,9,10)/q+1;/p-1. The van der Waals surface area contributed by atoms with Crippen LogP contribution in [0.1, 0.15) is 15.9 Å². The van der Waals surface area contributed by atoms with Gasteiger partial charge in [0.2, 0.25) is 0 Å². The van der Waals surface area contributed by atoms with Crippen LogP contribution < -0.4 is 26.3 Å². The van der Waals surface area contributed by atoms with Crippen LogP contribution in [0.15, 0.2) is 84.9 Å². The lowest BCUT2D eigenvalue weighted by atomic mass is 10.2. The summed E-state index contributed by atoms with van der Waals surface area (Å²) in [5, 5.41) is 10.2. The zero-order valence-electron chi connectivity index (χ0n) is 12.8. The average Bonchev–Trinajstić information content (AvgIpc) is 2.58. The number of halogens is 1. The van der Waals surface area contributed by atoms with Crippen LogP contribution in [0.4, 0.5) is 0 Å². The number of aromatic carboxylic acids is 1. The molecule has 0 unspecified atom stereocenters. The monoisotopic (exact) mass is 416 g/mol. The summed E-state index contributed by atoms with van der Waals surface area (Å²) >= 11 is 0.0287. The van der Waals surface area contributed by atoms with Crippen molar-refractivity contribution in [3.8, 4) is 0 Å². The van der Waals surface area contributed by atoms with Crippen molar-refractivity contribution in [3.05, 3.63) is 103 Å². The van der Waals surface area contributed by atoms with Crippen molar-refractivity contribution in [1.29, 1.82) is 0 Å². The predicted octanol–water partition coefficient (Wildman–Crippen LogP) is 0.174. The molecule has 0 aliphatic heterocycles. The summed E-state index contributed by atoms with van der Waals surface area (Å²) in [6, 6.07) is 28.0. The Morgan fingerprint density at radius 1 is 0.739 bits per heavy atom.